The van der Waals surface area contributed by atoms with Crippen LogP contribution in [-0.2, 0) is 12.8 Å². The van der Waals surface area contributed by atoms with Crippen LogP contribution in [-0.4, -0.2) is 9.97 Å². The molecule has 2 nitrogen and oxygen atoms in total. The van der Waals surface area contributed by atoms with Crippen LogP contribution < -0.4 is 0 Å². The van der Waals surface area contributed by atoms with Crippen molar-refractivity contribution in [3.05, 3.63) is 22.2 Å². The summed E-state index contributed by atoms with van der Waals surface area (Å²) in [4.78, 5) is 9.35. The Bertz CT molecular complexity index is 409. The summed E-state index contributed by atoms with van der Waals surface area (Å²) in [5.74, 6) is 1.58. The van der Waals surface area contributed by atoms with E-state index in [1.165, 1.54) is 56.2 Å². The van der Waals surface area contributed by atoms with Crippen LogP contribution in [0.25, 0.3) is 0 Å². The molecule has 3 heteroatoms. The molecule has 1 fully saturated rings. The number of rotatable bonds is 1. The van der Waals surface area contributed by atoms with Crippen molar-refractivity contribution in [3.63, 3.8) is 0 Å². The van der Waals surface area contributed by atoms with Crippen LogP contribution in [0.15, 0.2) is 0 Å². The minimum atomic E-state index is 0.556. The maximum Gasteiger partial charge on any atom is 0.136 e. The van der Waals surface area contributed by atoms with E-state index in [0.717, 1.165) is 23.8 Å². The molecule has 1 saturated carbocycles. The van der Waals surface area contributed by atoms with Gasteiger partial charge in [-0.3, -0.25) is 0 Å². The molecule has 0 bridgehead atoms. The molecule has 0 atom stereocenters. The third-order valence-electron chi connectivity index (χ3n) is 4.12. The first-order valence-electron chi connectivity index (χ1n) is 6.90. The highest BCUT2D eigenvalue weighted by atomic mass is 35.5. The zero-order valence-electron chi connectivity index (χ0n) is 10.2. The zero-order valence-corrected chi connectivity index (χ0v) is 11.0. The topological polar surface area (TPSA) is 25.8 Å². The first-order valence-corrected chi connectivity index (χ1v) is 7.27. The molecule has 3 rings (SSSR count). The van der Waals surface area contributed by atoms with E-state index in [2.05, 4.69) is 4.98 Å². The molecular weight excluding hydrogens is 232 g/mol. The lowest BCUT2D eigenvalue weighted by atomic mass is 9.99. The highest BCUT2D eigenvalue weighted by molar-refractivity contribution is 6.30. The maximum atomic E-state index is 6.28. The Morgan fingerprint density at radius 3 is 2.41 bits per heavy atom. The van der Waals surface area contributed by atoms with Gasteiger partial charge in [-0.15, -0.1) is 0 Å². The molecule has 0 radical (unpaired) electrons. The van der Waals surface area contributed by atoms with Crippen molar-refractivity contribution in [3.8, 4) is 0 Å². The molecule has 1 aromatic rings. The maximum absolute atomic E-state index is 6.28. The van der Waals surface area contributed by atoms with E-state index in [1.54, 1.807) is 0 Å². The van der Waals surface area contributed by atoms with Gasteiger partial charge in [0.05, 0.1) is 0 Å². The summed E-state index contributed by atoms with van der Waals surface area (Å²) in [6.07, 6.45) is 11.2. The van der Waals surface area contributed by atoms with Gasteiger partial charge in [0.15, 0.2) is 0 Å². The molecule has 92 valence electrons. The summed E-state index contributed by atoms with van der Waals surface area (Å²) in [6.45, 7) is 0. The average molecular weight is 251 g/mol. The van der Waals surface area contributed by atoms with Crippen LogP contribution in [0.1, 0.15) is 67.9 Å². The van der Waals surface area contributed by atoms with Crippen LogP contribution >= 0.6 is 11.6 Å². The quantitative estimate of drug-likeness (QED) is 0.555. The number of hydrogen-bond donors (Lipinski definition) is 0. The van der Waals surface area contributed by atoms with Crippen LogP contribution in [0.5, 0.6) is 0 Å². The number of aryl methyl sites for hydroxylation is 1. The fraction of sp³-hybridized carbons (Fsp3) is 0.714. The molecule has 2 aliphatic carbocycles. The van der Waals surface area contributed by atoms with Crippen molar-refractivity contribution in [2.45, 2.75) is 63.7 Å². The van der Waals surface area contributed by atoms with E-state index < -0.39 is 0 Å². The third-order valence-corrected chi connectivity index (χ3v) is 4.43. The molecule has 0 spiro atoms. The van der Waals surface area contributed by atoms with Crippen molar-refractivity contribution < 1.29 is 0 Å². The van der Waals surface area contributed by atoms with Gasteiger partial charge in [0, 0.05) is 17.2 Å². The Labute approximate surface area is 108 Å². The van der Waals surface area contributed by atoms with Gasteiger partial charge in [0.1, 0.15) is 11.0 Å². The van der Waals surface area contributed by atoms with E-state index in [4.69, 9.17) is 16.6 Å². The number of nitrogens with zero attached hydrogens (tertiary/aromatic N) is 2. The summed E-state index contributed by atoms with van der Waals surface area (Å²) in [7, 11) is 0. The van der Waals surface area contributed by atoms with E-state index in [-0.39, 0.29) is 0 Å². The Balaban J connectivity index is 1.89. The monoisotopic (exact) mass is 250 g/mol. The van der Waals surface area contributed by atoms with Gasteiger partial charge in [-0.05, 0) is 32.1 Å². The lowest BCUT2D eigenvalue weighted by Gasteiger charge is -2.14. The molecule has 0 saturated heterocycles. The van der Waals surface area contributed by atoms with Gasteiger partial charge in [-0.1, -0.05) is 37.3 Å². The summed E-state index contributed by atoms with van der Waals surface area (Å²) in [5.41, 5.74) is 2.44. The Hall–Kier alpha value is -0.630. The van der Waals surface area contributed by atoms with Crippen molar-refractivity contribution in [2.75, 3.05) is 0 Å². The van der Waals surface area contributed by atoms with E-state index in [1.807, 2.05) is 0 Å². The normalized spacial score (nSPS) is 21.2. The lowest BCUT2D eigenvalue weighted by Crippen LogP contribution is -2.07. The van der Waals surface area contributed by atoms with Crippen molar-refractivity contribution in [1.82, 2.24) is 9.97 Å². The molecular formula is C14H19ClN2. The van der Waals surface area contributed by atoms with Gasteiger partial charge in [-0.2, -0.15) is 0 Å². The minimum absolute atomic E-state index is 0.556. The predicted molar refractivity (Wildman–Crippen MR) is 69.5 cm³/mol. The van der Waals surface area contributed by atoms with Gasteiger partial charge in [-0.25, -0.2) is 9.97 Å². The standard InChI is InChI=1S/C14H19ClN2/c15-13-11-8-5-9-12(11)16-14(17-13)10-6-3-1-2-4-7-10/h10H,1-9H2. The Morgan fingerprint density at radius 2 is 1.65 bits per heavy atom. The fourth-order valence-electron chi connectivity index (χ4n) is 3.12. The van der Waals surface area contributed by atoms with E-state index in [0.29, 0.717) is 5.92 Å². The van der Waals surface area contributed by atoms with Crippen molar-refractivity contribution in [1.29, 1.82) is 0 Å². The molecule has 1 aromatic heterocycles. The Morgan fingerprint density at radius 1 is 0.882 bits per heavy atom. The van der Waals surface area contributed by atoms with Gasteiger partial charge in [0.25, 0.3) is 0 Å². The van der Waals surface area contributed by atoms with E-state index >= 15 is 0 Å². The molecule has 2 aliphatic rings. The second kappa shape index (κ2) is 4.93. The summed E-state index contributed by atoms with van der Waals surface area (Å²) in [5, 5.41) is 0.728. The molecule has 0 N–H and O–H groups in total. The van der Waals surface area contributed by atoms with Crippen molar-refractivity contribution >= 4 is 11.6 Å². The summed E-state index contributed by atoms with van der Waals surface area (Å²) in [6, 6.07) is 0. The fourth-order valence-corrected chi connectivity index (χ4v) is 3.41. The Kier molecular flexibility index (Phi) is 3.32. The molecule has 17 heavy (non-hydrogen) atoms. The first kappa shape index (κ1) is 11.5. The molecule has 0 unspecified atom stereocenters. The number of fused-ring (bicyclic) bond motifs is 1. The van der Waals surface area contributed by atoms with Gasteiger partial charge in [0.2, 0.25) is 0 Å². The minimum Gasteiger partial charge on any atom is -0.237 e. The first-order chi connectivity index (χ1) is 8.34. The zero-order chi connectivity index (χ0) is 11.7. The van der Waals surface area contributed by atoms with E-state index in [9.17, 15) is 0 Å². The smallest absolute Gasteiger partial charge is 0.136 e. The van der Waals surface area contributed by atoms with Crippen molar-refractivity contribution in [2.24, 2.45) is 0 Å². The third kappa shape index (κ3) is 2.33. The average Bonchev–Trinajstić information content (AvgIpc) is 2.63. The summed E-state index contributed by atoms with van der Waals surface area (Å²) >= 11 is 6.28. The largest absolute Gasteiger partial charge is 0.237 e. The van der Waals surface area contributed by atoms with Crippen LogP contribution in [0.3, 0.4) is 0 Å². The number of aromatic nitrogens is 2. The number of halogens is 1. The molecule has 1 heterocycles. The SMILES string of the molecule is Clc1nc(C2CCCCCC2)nc2c1CCC2. The van der Waals surface area contributed by atoms with Gasteiger partial charge >= 0.3 is 0 Å². The van der Waals surface area contributed by atoms with Crippen LogP contribution in [0.4, 0.5) is 0 Å². The number of hydrogen-bond acceptors (Lipinski definition) is 2. The highest BCUT2D eigenvalue weighted by Gasteiger charge is 2.22. The van der Waals surface area contributed by atoms with Gasteiger partial charge < -0.3 is 0 Å². The molecule has 0 aromatic carbocycles. The second-order valence-corrected chi connectivity index (χ2v) is 5.70. The lowest BCUT2D eigenvalue weighted by molar-refractivity contribution is 0.558. The second-order valence-electron chi connectivity index (χ2n) is 5.34. The molecule has 0 amide bonds. The van der Waals surface area contributed by atoms with Crippen LogP contribution in [0, 0.1) is 0 Å². The van der Waals surface area contributed by atoms with Crippen LogP contribution in [0.2, 0.25) is 5.15 Å². The molecule has 0 aliphatic heterocycles. The highest BCUT2D eigenvalue weighted by Crippen LogP contribution is 2.33. The predicted octanol–water partition coefficient (Wildman–Crippen LogP) is 4.06. The summed E-state index contributed by atoms with van der Waals surface area (Å²) < 4.78 is 0.